The van der Waals surface area contributed by atoms with Crippen LogP contribution in [0, 0.1) is 0 Å². The zero-order valence-electron chi connectivity index (χ0n) is 18.8. The van der Waals surface area contributed by atoms with Crippen molar-refractivity contribution in [2.24, 2.45) is 0 Å². The second-order valence-corrected chi connectivity index (χ2v) is 8.67. The third-order valence-electron chi connectivity index (χ3n) is 5.43. The van der Waals surface area contributed by atoms with E-state index in [1.165, 1.54) is 5.56 Å². The van der Waals surface area contributed by atoms with E-state index in [4.69, 9.17) is 33.0 Å². The molecule has 174 valence electrons. The van der Waals surface area contributed by atoms with E-state index in [0.29, 0.717) is 22.6 Å². The van der Waals surface area contributed by atoms with Gasteiger partial charge in [0.2, 0.25) is 5.89 Å². The summed E-state index contributed by atoms with van der Waals surface area (Å²) in [5.74, 6) is 1.07. The van der Waals surface area contributed by atoms with Crippen LogP contribution in [0.4, 0.5) is 5.69 Å². The summed E-state index contributed by atoms with van der Waals surface area (Å²) in [7, 11) is 0. The van der Waals surface area contributed by atoms with Crippen molar-refractivity contribution in [3.05, 3.63) is 77.3 Å². The summed E-state index contributed by atoms with van der Waals surface area (Å²) in [5, 5.41) is 6.17. The molecule has 2 N–H and O–H groups in total. The Morgan fingerprint density at radius 3 is 2.65 bits per heavy atom. The number of nitrogens with zero attached hydrogens (tertiary/aromatic N) is 1. The lowest BCUT2D eigenvalue weighted by atomic mass is 9.98. The minimum Gasteiger partial charge on any atom is -0.482 e. The molecular weight excluding hydrogens is 470 g/mol. The highest BCUT2D eigenvalue weighted by Gasteiger charge is 2.12. The maximum absolute atomic E-state index is 12.1. The van der Waals surface area contributed by atoms with Crippen molar-refractivity contribution < 1.29 is 13.9 Å². The number of para-hydroxylation sites is 1. The number of halogens is 1. The molecule has 0 unspecified atom stereocenters. The Balaban J connectivity index is 1.34. The number of carbonyl (C=O) groups is 1. The Kier molecular flexibility index (Phi) is 7.45. The zero-order chi connectivity index (χ0) is 24.1. The van der Waals surface area contributed by atoms with Crippen molar-refractivity contribution in [1.29, 1.82) is 0 Å². The second kappa shape index (κ2) is 10.7. The van der Waals surface area contributed by atoms with Crippen LogP contribution in [0.25, 0.3) is 22.6 Å². The van der Waals surface area contributed by atoms with Gasteiger partial charge in [-0.2, -0.15) is 0 Å². The lowest BCUT2D eigenvalue weighted by Crippen LogP contribution is -2.37. The largest absolute Gasteiger partial charge is 0.482 e. The first-order valence-electron chi connectivity index (χ1n) is 10.9. The fourth-order valence-corrected chi connectivity index (χ4v) is 3.76. The summed E-state index contributed by atoms with van der Waals surface area (Å²) >= 11 is 11.2. The molecule has 4 aromatic rings. The van der Waals surface area contributed by atoms with Gasteiger partial charge in [-0.05, 0) is 78.7 Å². The number of rotatable bonds is 7. The van der Waals surface area contributed by atoms with Crippen molar-refractivity contribution in [3.8, 4) is 17.2 Å². The van der Waals surface area contributed by atoms with E-state index in [-0.39, 0.29) is 11.7 Å². The van der Waals surface area contributed by atoms with Crippen molar-refractivity contribution in [3.63, 3.8) is 0 Å². The fourth-order valence-electron chi connectivity index (χ4n) is 3.34. The Labute approximate surface area is 208 Å². The molecule has 0 aliphatic rings. The molecule has 3 aromatic carbocycles. The number of amides is 1. The smallest absolute Gasteiger partial charge is 0.264 e. The standard InChI is InChI=1S/C26H24ClN3O3S/c1-3-16(2)18-10-13-23-21(14-18)29-25(33-23)17-8-11-19(12-9-17)28-26(34)30-24(31)15-32-22-7-5-4-6-20(22)27/h4-14,16H,3,15H2,1-2H3,(H2,28,30,31,34)/t16-/m0/s1. The second-order valence-electron chi connectivity index (χ2n) is 7.85. The first kappa shape index (κ1) is 23.7. The van der Waals surface area contributed by atoms with Gasteiger partial charge >= 0.3 is 0 Å². The molecule has 1 amide bonds. The lowest BCUT2D eigenvalue weighted by molar-refractivity contribution is -0.121. The summed E-state index contributed by atoms with van der Waals surface area (Å²) in [6, 6.07) is 20.5. The highest BCUT2D eigenvalue weighted by atomic mass is 35.5. The molecule has 8 heteroatoms. The van der Waals surface area contributed by atoms with Crippen LogP contribution in [0.15, 0.2) is 71.1 Å². The predicted molar refractivity (Wildman–Crippen MR) is 139 cm³/mol. The van der Waals surface area contributed by atoms with Gasteiger partial charge in [-0.1, -0.05) is 43.6 Å². The quantitative estimate of drug-likeness (QED) is 0.284. The van der Waals surface area contributed by atoms with Crippen molar-refractivity contribution in [2.45, 2.75) is 26.2 Å². The normalized spacial score (nSPS) is 11.7. The lowest BCUT2D eigenvalue weighted by Gasteiger charge is -2.11. The monoisotopic (exact) mass is 493 g/mol. The number of carbonyl (C=O) groups excluding carboxylic acids is 1. The van der Waals surface area contributed by atoms with Crippen molar-refractivity contribution >= 4 is 51.6 Å². The molecule has 0 bridgehead atoms. The predicted octanol–water partition coefficient (Wildman–Crippen LogP) is 6.55. The number of anilines is 1. The van der Waals surface area contributed by atoms with Gasteiger partial charge in [0.1, 0.15) is 11.3 Å². The number of aromatic nitrogens is 1. The maximum Gasteiger partial charge on any atom is 0.264 e. The van der Waals surface area contributed by atoms with Gasteiger partial charge < -0.3 is 14.5 Å². The van der Waals surface area contributed by atoms with Crippen molar-refractivity contribution in [1.82, 2.24) is 10.3 Å². The van der Waals surface area contributed by atoms with Crippen LogP contribution in [-0.4, -0.2) is 22.6 Å². The van der Waals surface area contributed by atoms with Gasteiger partial charge in [0.15, 0.2) is 17.3 Å². The Morgan fingerprint density at radius 2 is 1.91 bits per heavy atom. The molecule has 0 aliphatic heterocycles. The van der Waals surface area contributed by atoms with Gasteiger partial charge in [-0.25, -0.2) is 4.98 Å². The third kappa shape index (κ3) is 5.73. The average Bonchev–Trinajstić information content (AvgIpc) is 3.27. The van der Waals surface area contributed by atoms with Crippen LogP contribution in [-0.2, 0) is 4.79 Å². The first-order valence-corrected chi connectivity index (χ1v) is 11.7. The highest BCUT2D eigenvalue weighted by molar-refractivity contribution is 7.80. The van der Waals surface area contributed by atoms with Gasteiger partial charge in [-0.3, -0.25) is 10.1 Å². The number of oxazole rings is 1. The van der Waals surface area contributed by atoms with E-state index in [1.54, 1.807) is 24.3 Å². The van der Waals surface area contributed by atoms with E-state index >= 15 is 0 Å². The fraction of sp³-hybridized carbons (Fsp3) is 0.192. The Bertz CT molecular complexity index is 1320. The molecule has 0 saturated heterocycles. The van der Waals surface area contributed by atoms with Crippen LogP contribution in [0.3, 0.4) is 0 Å². The van der Waals surface area contributed by atoms with Gasteiger partial charge in [0, 0.05) is 11.3 Å². The molecule has 0 radical (unpaired) electrons. The molecule has 0 fully saturated rings. The number of hydrogen-bond donors (Lipinski definition) is 2. The van der Waals surface area contributed by atoms with Gasteiger partial charge in [0.25, 0.3) is 5.91 Å². The molecule has 0 saturated carbocycles. The SMILES string of the molecule is CC[C@H](C)c1ccc2oc(-c3ccc(NC(=S)NC(=O)COc4ccccc4Cl)cc3)nc2c1. The number of nitrogens with one attached hydrogen (secondary N) is 2. The minimum atomic E-state index is -0.391. The molecule has 1 aromatic heterocycles. The zero-order valence-corrected chi connectivity index (χ0v) is 20.4. The number of benzene rings is 3. The Morgan fingerprint density at radius 1 is 1.15 bits per heavy atom. The topological polar surface area (TPSA) is 76.4 Å². The van der Waals surface area contributed by atoms with Gasteiger partial charge in [-0.15, -0.1) is 0 Å². The summed E-state index contributed by atoms with van der Waals surface area (Å²) in [5.41, 5.74) is 4.42. The van der Waals surface area contributed by atoms with Crippen LogP contribution in [0.2, 0.25) is 5.02 Å². The molecular formula is C26H24ClN3O3S. The van der Waals surface area contributed by atoms with Crippen LogP contribution < -0.4 is 15.4 Å². The number of thiocarbonyl (C=S) groups is 1. The van der Waals surface area contributed by atoms with Gasteiger partial charge in [0.05, 0.1) is 5.02 Å². The third-order valence-corrected chi connectivity index (χ3v) is 5.95. The van der Waals surface area contributed by atoms with E-state index < -0.39 is 5.91 Å². The molecule has 1 heterocycles. The maximum atomic E-state index is 12.1. The molecule has 4 rings (SSSR count). The summed E-state index contributed by atoms with van der Waals surface area (Å²) in [6.07, 6.45) is 1.07. The summed E-state index contributed by atoms with van der Waals surface area (Å²) < 4.78 is 11.3. The van der Waals surface area contributed by atoms with E-state index in [0.717, 1.165) is 28.8 Å². The van der Waals surface area contributed by atoms with Crippen LogP contribution in [0.5, 0.6) is 5.75 Å². The summed E-state index contributed by atoms with van der Waals surface area (Å²) in [4.78, 5) is 16.8. The molecule has 0 aliphatic carbocycles. The minimum absolute atomic E-state index is 0.167. The highest BCUT2D eigenvalue weighted by Crippen LogP contribution is 2.28. The molecule has 1 atom stereocenters. The van der Waals surface area contributed by atoms with Crippen LogP contribution >= 0.6 is 23.8 Å². The number of hydrogen-bond acceptors (Lipinski definition) is 5. The Hall–Kier alpha value is -3.42. The molecule has 34 heavy (non-hydrogen) atoms. The average molecular weight is 494 g/mol. The van der Waals surface area contributed by atoms with E-state index in [1.807, 2.05) is 30.3 Å². The van der Waals surface area contributed by atoms with E-state index in [2.05, 4.69) is 41.6 Å². The molecule has 6 nitrogen and oxygen atoms in total. The van der Waals surface area contributed by atoms with E-state index in [9.17, 15) is 4.79 Å². The number of ether oxygens (including phenoxy) is 1. The first-order chi connectivity index (χ1) is 16.4. The van der Waals surface area contributed by atoms with Crippen LogP contribution in [0.1, 0.15) is 31.7 Å². The molecule has 0 spiro atoms. The number of fused-ring (bicyclic) bond motifs is 1. The van der Waals surface area contributed by atoms with Crippen molar-refractivity contribution in [2.75, 3.05) is 11.9 Å². The summed E-state index contributed by atoms with van der Waals surface area (Å²) in [6.45, 7) is 4.16.